The zero-order chi connectivity index (χ0) is 30.9. The van der Waals surface area contributed by atoms with Crippen molar-refractivity contribution in [3.8, 4) is 0 Å². The molecule has 9 nitrogen and oxygen atoms in total. The van der Waals surface area contributed by atoms with Crippen LogP contribution in [0.2, 0.25) is 0 Å². The third-order valence-electron chi connectivity index (χ3n) is 6.19. The van der Waals surface area contributed by atoms with E-state index in [2.05, 4.69) is 24.2 Å². The Hall–Kier alpha value is -3.82. The molecule has 1 aromatic rings. The van der Waals surface area contributed by atoms with Gasteiger partial charge in [0.15, 0.2) is 5.78 Å². The fraction of sp³-hybridized carbons (Fsp3) is 0.438. The number of Topliss-reactive ketones (excluding diaryl/α,β-unsaturated/α-hetero) is 5. The highest BCUT2D eigenvalue weighted by atomic mass is 16.5. The van der Waals surface area contributed by atoms with Crippen molar-refractivity contribution in [1.82, 2.24) is 0 Å². The van der Waals surface area contributed by atoms with Gasteiger partial charge in [0, 0.05) is 0 Å². The number of fused-ring (bicyclic) bond motifs is 2. The molecule has 0 saturated carbocycles. The van der Waals surface area contributed by atoms with Crippen LogP contribution in [0.4, 0.5) is 0 Å². The van der Waals surface area contributed by atoms with E-state index in [9.17, 15) is 28.8 Å². The smallest absolute Gasteiger partial charge is 0.162 e. The first-order valence-electron chi connectivity index (χ1n) is 13.3. The fourth-order valence-corrected chi connectivity index (χ4v) is 4.31. The van der Waals surface area contributed by atoms with Gasteiger partial charge < -0.3 is 13.9 Å². The SMILES string of the molecule is C=CC(=O)CC(C)=O.C=CC1CC(C(=O)CC(C)=O)C(C=C)O1.CC(=O)CC(=O)C1CC2C=CC1O2.c1ccoc1. The molecular weight excluding hydrogens is 528 g/mol. The first-order valence-corrected chi connectivity index (χ1v) is 13.3. The molecule has 2 fully saturated rings. The molecular formula is C32H40O9. The number of hydrogen-bond acceptors (Lipinski definition) is 9. The van der Waals surface area contributed by atoms with Crippen LogP contribution < -0.4 is 0 Å². The summed E-state index contributed by atoms with van der Waals surface area (Å²) in [6, 6.07) is 3.67. The minimum Gasteiger partial charge on any atom is -0.473 e. The maximum Gasteiger partial charge on any atom is 0.162 e. The number of hydrogen-bond donors (Lipinski definition) is 0. The van der Waals surface area contributed by atoms with Crippen LogP contribution >= 0.6 is 0 Å². The summed E-state index contributed by atoms with van der Waals surface area (Å²) in [4.78, 5) is 65.2. The summed E-state index contributed by atoms with van der Waals surface area (Å²) < 4.78 is 15.5. The average Bonchev–Trinajstić information content (AvgIpc) is 3.73. The zero-order valence-corrected chi connectivity index (χ0v) is 24.0. The molecule has 0 radical (unpaired) electrons. The van der Waals surface area contributed by atoms with Crippen molar-refractivity contribution in [2.45, 2.75) is 77.3 Å². The van der Waals surface area contributed by atoms with Crippen molar-refractivity contribution >= 4 is 34.7 Å². The van der Waals surface area contributed by atoms with E-state index in [0.29, 0.717) is 6.42 Å². The van der Waals surface area contributed by atoms with Gasteiger partial charge in [0.2, 0.25) is 0 Å². The Kier molecular flexibility index (Phi) is 15.9. The predicted molar refractivity (Wildman–Crippen MR) is 153 cm³/mol. The van der Waals surface area contributed by atoms with E-state index in [1.165, 1.54) is 20.8 Å². The van der Waals surface area contributed by atoms with Crippen LogP contribution in [0.5, 0.6) is 0 Å². The van der Waals surface area contributed by atoms with Crippen LogP contribution in [0.3, 0.4) is 0 Å². The summed E-state index contributed by atoms with van der Waals surface area (Å²) in [7, 11) is 0. The topological polar surface area (TPSA) is 134 Å². The standard InChI is InChI=1S/C12H16O3.C10H12O3.C6H8O2.C4H4O/c1-4-9-7-10(12(5-2)15-9)11(14)6-8(3)13;1-6(11)4-9(12)8-5-7-2-3-10(8)13-7;1-3-6(8)4-5(2)7;1-2-4-5-3-1/h4-5,9-10,12H,1-2,6-7H2,3H3;2-3,7-8,10H,4-5H2,1H3;3H,1,4H2,2H3;1-4H. The number of carbonyl (C=O) groups is 6. The normalized spacial score (nSPS) is 24.7. The Morgan fingerprint density at radius 1 is 0.732 bits per heavy atom. The van der Waals surface area contributed by atoms with Gasteiger partial charge in [-0.3, -0.25) is 28.8 Å². The van der Waals surface area contributed by atoms with Gasteiger partial charge in [-0.1, -0.05) is 30.9 Å². The predicted octanol–water partition coefficient (Wildman–Crippen LogP) is 4.56. The highest BCUT2D eigenvalue weighted by molar-refractivity contribution is 6.03. The Morgan fingerprint density at radius 3 is 1.63 bits per heavy atom. The number of allylic oxidation sites excluding steroid dienone is 1. The Labute approximate surface area is 241 Å². The maximum atomic E-state index is 11.7. The van der Waals surface area contributed by atoms with Gasteiger partial charge in [-0.15, -0.1) is 13.2 Å². The number of ether oxygens (including phenoxy) is 2. The van der Waals surface area contributed by atoms with Gasteiger partial charge in [-0.2, -0.15) is 0 Å². The molecule has 2 bridgehead atoms. The lowest BCUT2D eigenvalue weighted by Gasteiger charge is -2.12. The first-order chi connectivity index (χ1) is 19.4. The summed E-state index contributed by atoms with van der Waals surface area (Å²) in [5.41, 5.74) is 0. The van der Waals surface area contributed by atoms with E-state index in [4.69, 9.17) is 9.47 Å². The summed E-state index contributed by atoms with van der Waals surface area (Å²) >= 11 is 0. The van der Waals surface area contributed by atoms with E-state index in [0.717, 1.165) is 12.5 Å². The van der Waals surface area contributed by atoms with Gasteiger partial charge in [0.25, 0.3) is 0 Å². The van der Waals surface area contributed by atoms with E-state index in [1.54, 1.807) is 24.7 Å². The van der Waals surface area contributed by atoms with Gasteiger partial charge in [0.05, 0.1) is 68.0 Å². The lowest BCUT2D eigenvalue weighted by molar-refractivity contribution is -0.130. The molecule has 1 aromatic heterocycles. The van der Waals surface area contributed by atoms with Crippen LogP contribution in [0.1, 0.15) is 52.9 Å². The average molecular weight is 569 g/mol. The van der Waals surface area contributed by atoms with Crippen molar-refractivity contribution in [3.05, 3.63) is 74.8 Å². The van der Waals surface area contributed by atoms with E-state index >= 15 is 0 Å². The molecule has 41 heavy (non-hydrogen) atoms. The monoisotopic (exact) mass is 568 g/mol. The summed E-state index contributed by atoms with van der Waals surface area (Å²) in [5, 5.41) is 0. The first kappa shape index (κ1) is 35.2. The number of ketones is 6. The third kappa shape index (κ3) is 13.4. The van der Waals surface area contributed by atoms with E-state index in [-0.39, 0.29) is 90.2 Å². The molecule has 4 heterocycles. The lowest BCUT2D eigenvalue weighted by atomic mass is 9.88. The van der Waals surface area contributed by atoms with Crippen LogP contribution in [-0.2, 0) is 38.2 Å². The molecule has 9 heteroatoms. The number of furan rings is 1. The van der Waals surface area contributed by atoms with Crippen molar-refractivity contribution in [1.29, 1.82) is 0 Å². The minimum absolute atomic E-state index is 0.0104. The van der Waals surface area contributed by atoms with Gasteiger partial charge >= 0.3 is 0 Å². The van der Waals surface area contributed by atoms with E-state index in [1.807, 2.05) is 24.3 Å². The molecule has 6 unspecified atom stereocenters. The minimum atomic E-state index is -0.278. The second-order valence-electron chi connectivity index (χ2n) is 9.85. The molecule has 2 saturated heterocycles. The summed E-state index contributed by atoms with van der Waals surface area (Å²) in [6.45, 7) is 14.7. The van der Waals surface area contributed by atoms with Crippen LogP contribution in [-0.4, -0.2) is 59.1 Å². The zero-order valence-electron chi connectivity index (χ0n) is 24.0. The van der Waals surface area contributed by atoms with Crippen LogP contribution in [0.15, 0.2) is 79.2 Å². The Morgan fingerprint density at radius 2 is 1.29 bits per heavy atom. The van der Waals surface area contributed by atoms with Crippen molar-refractivity contribution in [2.24, 2.45) is 11.8 Å². The third-order valence-corrected chi connectivity index (χ3v) is 6.19. The number of carbonyl (C=O) groups excluding carboxylic acids is 6. The molecule has 6 atom stereocenters. The quantitative estimate of drug-likeness (QED) is 0.214. The van der Waals surface area contributed by atoms with Gasteiger partial charge in [-0.25, -0.2) is 0 Å². The Balaban J connectivity index is 0.000000293. The van der Waals surface area contributed by atoms with Gasteiger partial charge in [0.1, 0.15) is 28.9 Å². The highest BCUT2D eigenvalue weighted by Crippen LogP contribution is 2.34. The summed E-state index contributed by atoms with van der Waals surface area (Å²) in [5.74, 6) is -0.830. The van der Waals surface area contributed by atoms with Crippen LogP contribution in [0.25, 0.3) is 0 Å². The molecule has 3 aliphatic heterocycles. The molecule has 0 aliphatic carbocycles. The van der Waals surface area contributed by atoms with Gasteiger partial charge in [-0.05, 0) is 51.8 Å². The fourth-order valence-electron chi connectivity index (χ4n) is 4.31. The second kappa shape index (κ2) is 18.5. The molecule has 0 aromatic carbocycles. The molecule has 222 valence electrons. The molecule has 4 rings (SSSR count). The van der Waals surface area contributed by atoms with Crippen LogP contribution in [0, 0.1) is 11.8 Å². The van der Waals surface area contributed by atoms with E-state index < -0.39 is 0 Å². The molecule has 0 spiro atoms. The number of rotatable bonds is 11. The van der Waals surface area contributed by atoms with Crippen molar-refractivity contribution in [3.63, 3.8) is 0 Å². The second-order valence-corrected chi connectivity index (χ2v) is 9.85. The highest BCUT2D eigenvalue weighted by Gasteiger charge is 2.40. The molecule has 0 amide bonds. The maximum absolute atomic E-state index is 11.7. The van der Waals surface area contributed by atoms with Crippen molar-refractivity contribution < 1.29 is 42.7 Å². The lowest BCUT2D eigenvalue weighted by Crippen LogP contribution is -2.24. The molecule has 3 aliphatic rings. The Bertz CT molecular complexity index is 1090. The largest absolute Gasteiger partial charge is 0.473 e. The summed E-state index contributed by atoms with van der Waals surface area (Å²) in [6.07, 6.45) is 12.7. The van der Waals surface area contributed by atoms with Crippen molar-refractivity contribution in [2.75, 3.05) is 0 Å². The molecule has 0 N–H and O–H groups in total.